The van der Waals surface area contributed by atoms with Gasteiger partial charge >= 0.3 is 0 Å². The first-order chi connectivity index (χ1) is 8.74. The highest BCUT2D eigenvalue weighted by Crippen LogP contribution is 2.29. The van der Waals surface area contributed by atoms with Gasteiger partial charge in [0.25, 0.3) is 0 Å². The lowest BCUT2D eigenvalue weighted by atomic mass is 10.3. The van der Waals surface area contributed by atoms with E-state index in [1.807, 2.05) is 18.5 Å². The number of nitrogens with zero attached hydrogens (tertiary/aromatic N) is 3. The Balaban J connectivity index is 2.00. The van der Waals surface area contributed by atoms with Gasteiger partial charge in [-0.05, 0) is 34.5 Å². The van der Waals surface area contributed by atoms with Crippen molar-refractivity contribution in [3.63, 3.8) is 0 Å². The minimum Gasteiger partial charge on any atom is -0.354 e. The van der Waals surface area contributed by atoms with E-state index >= 15 is 0 Å². The van der Waals surface area contributed by atoms with Crippen LogP contribution in [0.3, 0.4) is 0 Å². The average Bonchev–Trinajstić information content (AvgIpc) is 2.97. The molecule has 6 heteroatoms. The van der Waals surface area contributed by atoms with Crippen LogP contribution in [0.1, 0.15) is 4.88 Å². The second-order valence-corrected chi connectivity index (χ2v) is 6.16. The molecule has 18 heavy (non-hydrogen) atoms. The number of aromatic nitrogens is 2. The lowest BCUT2D eigenvalue weighted by Gasteiger charge is -2.18. The fourth-order valence-electron chi connectivity index (χ4n) is 1.82. The molecule has 0 unspecified atom stereocenters. The molecule has 3 aromatic rings. The molecule has 0 saturated carbocycles. The van der Waals surface area contributed by atoms with Gasteiger partial charge in [-0.15, -0.1) is 22.7 Å². The van der Waals surface area contributed by atoms with E-state index in [-0.39, 0.29) is 0 Å². The van der Waals surface area contributed by atoms with Crippen LogP contribution in [0, 0.1) is 0 Å². The Kier molecular flexibility index (Phi) is 3.20. The third-order valence-electron chi connectivity index (χ3n) is 2.61. The minimum absolute atomic E-state index is 0.304. The summed E-state index contributed by atoms with van der Waals surface area (Å²) in [5, 5.41) is 5.45. The summed E-state index contributed by atoms with van der Waals surface area (Å²) in [6.45, 7) is 0.829. The predicted octanol–water partition coefficient (Wildman–Crippen LogP) is 4.04. The second kappa shape index (κ2) is 4.84. The molecule has 0 amide bonds. The van der Waals surface area contributed by atoms with Crippen LogP contribution in [-0.4, -0.2) is 17.0 Å². The topological polar surface area (TPSA) is 29.0 Å². The Morgan fingerprint density at radius 2 is 2.11 bits per heavy atom. The lowest BCUT2D eigenvalue weighted by Crippen LogP contribution is -2.17. The summed E-state index contributed by atoms with van der Waals surface area (Å²) < 4.78 is 0. The highest BCUT2D eigenvalue weighted by molar-refractivity contribution is 7.16. The van der Waals surface area contributed by atoms with Gasteiger partial charge in [-0.1, -0.05) is 6.07 Å². The molecular weight excluding hydrogens is 286 g/mol. The molecule has 3 rings (SSSR count). The third kappa shape index (κ3) is 2.21. The van der Waals surface area contributed by atoms with Crippen molar-refractivity contribution < 1.29 is 0 Å². The molecule has 92 valence electrons. The van der Waals surface area contributed by atoms with Crippen molar-refractivity contribution in [3.05, 3.63) is 39.1 Å². The van der Waals surface area contributed by atoms with Crippen LogP contribution in [0.4, 0.5) is 5.82 Å². The van der Waals surface area contributed by atoms with E-state index in [1.165, 1.54) is 4.88 Å². The molecule has 0 spiro atoms. The quantitative estimate of drug-likeness (QED) is 0.683. The van der Waals surface area contributed by atoms with Gasteiger partial charge in [0.1, 0.15) is 10.6 Å². The summed E-state index contributed by atoms with van der Waals surface area (Å²) >= 11 is 9.29. The van der Waals surface area contributed by atoms with Gasteiger partial charge in [0.2, 0.25) is 5.28 Å². The summed E-state index contributed by atoms with van der Waals surface area (Å²) in [7, 11) is 2.02. The highest BCUT2D eigenvalue weighted by Gasteiger charge is 2.12. The zero-order valence-electron chi connectivity index (χ0n) is 9.63. The first-order valence-corrected chi connectivity index (χ1v) is 7.52. The summed E-state index contributed by atoms with van der Waals surface area (Å²) in [6.07, 6.45) is 0. The van der Waals surface area contributed by atoms with Crippen molar-refractivity contribution in [2.75, 3.05) is 11.9 Å². The Morgan fingerprint density at radius 1 is 1.22 bits per heavy atom. The summed E-state index contributed by atoms with van der Waals surface area (Å²) in [4.78, 5) is 12.9. The summed E-state index contributed by atoms with van der Waals surface area (Å²) in [5.41, 5.74) is 0. The molecule has 0 aliphatic rings. The Hall–Kier alpha value is -1.17. The van der Waals surface area contributed by atoms with Crippen molar-refractivity contribution in [1.29, 1.82) is 0 Å². The van der Waals surface area contributed by atoms with Crippen molar-refractivity contribution in [3.8, 4) is 0 Å². The van der Waals surface area contributed by atoms with Crippen LogP contribution >= 0.6 is 34.3 Å². The van der Waals surface area contributed by atoms with Gasteiger partial charge in [-0.2, -0.15) is 4.98 Å². The number of rotatable bonds is 3. The van der Waals surface area contributed by atoms with Gasteiger partial charge in [-0.25, -0.2) is 4.98 Å². The first-order valence-electron chi connectivity index (χ1n) is 5.38. The van der Waals surface area contributed by atoms with Crippen LogP contribution in [0.2, 0.25) is 5.28 Å². The van der Waals surface area contributed by atoms with E-state index in [0.717, 1.165) is 22.6 Å². The van der Waals surface area contributed by atoms with Crippen molar-refractivity contribution in [2.45, 2.75) is 6.54 Å². The molecule has 3 heterocycles. The number of halogens is 1. The van der Waals surface area contributed by atoms with Gasteiger partial charge in [0.15, 0.2) is 0 Å². The molecule has 0 aliphatic heterocycles. The van der Waals surface area contributed by atoms with Crippen LogP contribution in [-0.2, 0) is 6.54 Å². The van der Waals surface area contributed by atoms with E-state index in [4.69, 9.17) is 11.6 Å². The zero-order valence-corrected chi connectivity index (χ0v) is 12.0. The molecule has 3 nitrogen and oxygen atoms in total. The van der Waals surface area contributed by atoms with Crippen LogP contribution in [0.15, 0.2) is 29.0 Å². The van der Waals surface area contributed by atoms with Crippen LogP contribution in [0.25, 0.3) is 10.2 Å². The fourth-order valence-corrected chi connectivity index (χ4v) is 3.55. The standard InChI is InChI=1S/C12H10ClN3S2/c1-16(7-8-3-2-5-17-8)10-9-4-6-18-11(9)15-12(13)14-10/h2-6H,7H2,1H3. The largest absolute Gasteiger partial charge is 0.354 e. The number of fused-ring (bicyclic) bond motifs is 1. The lowest BCUT2D eigenvalue weighted by molar-refractivity contribution is 0.915. The summed E-state index contributed by atoms with van der Waals surface area (Å²) in [5.74, 6) is 0.889. The van der Waals surface area contributed by atoms with Crippen molar-refractivity contribution >= 4 is 50.3 Å². The Labute approximate surface area is 118 Å². The zero-order chi connectivity index (χ0) is 12.5. The molecular formula is C12H10ClN3S2. The molecule has 0 fully saturated rings. The maximum atomic E-state index is 5.97. The fraction of sp³-hybridized carbons (Fsp3) is 0.167. The third-order valence-corrected chi connectivity index (χ3v) is 4.45. The minimum atomic E-state index is 0.304. The molecule has 0 atom stereocenters. The molecule has 0 aromatic carbocycles. The molecule has 0 radical (unpaired) electrons. The van der Waals surface area contributed by atoms with E-state index in [1.54, 1.807) is 22.7 Å². The smallest absolute Gasteiger partial charge is 0.225 e. The maximum Gasteiger partial charge on any atom is 0.225 e. The predicted molar refractivity (Wildman–Crippen MR) is 78.9 cm³/mol. The summed E-state index contributed by atoms with van der Waals surface area (Å²) in [6, 6.07) is 6.21. The SMILES string of the molecule is CN(Cc1cccs1)c1nc(Cl)nc2sccc12. The second-order valence-electron chi connectivity index (χ2n) is 3.89. The van der Waals surface area contributed by atoms with E-state index < -0.39 is 0 Å². The van der Waals surface area contributed by atoms with E-state index in [9.17, 15) is 0 Å². The van der Waals surface area contributed by atoms with Crippen molar-refractivity contribution in [1.82, 2.24) is 9.97 Å². The van der Waals surface area contributed by atoms with Gasteiger partial charge in [0.05, 0.1) is 11.9 Å². The number of thiophene rings is 2. The van der Waals surface area contributed by atoms with Gasteiger partial charge < -0.3 is 4.90 Å². The Bertz CT molecular complexity index is 663. The Morgan fingerprint density at radius 3 is 2.89 bits per heavy atom. The van der Waals surface area contributed by atoms with Gasteiger partial charge in [-0.3, -0.25) is 0 Å². The van der Waals surface area contributed by atoms with E-state index in [0.29, 0.717) is 5.28 Å². The van der Waals surface area contributed by atoms with Gasteiger partial charge in [0, 0.05) is 11.9 Å². The maximum absolute atomic E-state index is 5.97. The van der Waals surface area contributed by atoms with Crippen molar-refractivity contribution in [2.24, 2.45) is 0 Å². The molecule has 0 aliphatic carbocycles. The number of hydrogen-bond donors (Lipinski definition) is 0. The normalized spacial score (nSPS) is 11.0. The molecule has 3 aromatic heterocycles. The molecule has 0 saturated heterocycles. The first kappa shape index (κ1) is 11.9. The number of anilines is 1. The van der Waals surface area contributed by atoms with E-state index in [2.05, 4.69) is 32.4 Å². The van der Waals surface area contributed by atoms with Crippen LogP contribution in [0.5, 0.6) is 0 Å². The monoisotopic (exact) mass is 295 g/mol. The molecule has 0 N–H and O–H groups in total. The van der Waals surface area contributed by atoms with Crippen LogP contribution < -0.4 is 4.90 Å². The number of hydrogen-bond acceptors (Lipinski definition) is 5. The average molecular weight is 296 g/mol. The molecule has 0 bridgehead atoms. The highest BCUT2D eigenvalue weighted by atomic mass is 35.5.